The maximum absolute atomic E-state index is 14.1. The second-order valence-corrected chi connectivity index (χ2v) is 11.2. The van der Waals surface area contributed by atoms with Gasteiger partial charge in [0.2, 0.25) is 0 Å². The van der Waals surface area contributed by atoms with Crippen molar-refractivity contribution in [2.24, 2.45) is 10.9 Å². The second-order valence-electron chi connectivity index (χ2n) is 10.9. The highest BCUT2D eigenvalue weighted by Crippen LogP contribution is 2.31. The van der Waals surface area contributed by atoms with Crippen molar-refractivity contribution in [2.75, 3.05) is 39.0 Å². The zero-order valence-corrected chi connectivity index (χ0v) is 24.7. The van der Waals surface area contributed by atoms with Gasteiger partial charge in [-0.25, -0.2) is 4.39 Å². The van der Waals surface area contributed by atoms with Crippen molar-refractivity contribution in [2.45, 2.75) is 44.9 Å². The van der Waals surface area contributed by atoms with Crippen molar-refractivity contribution < 1.29 is 9.18 Å². The number of carbonyl (C=O) groups excluding carboxylic acids is 1. The highest BCUT2D eigenvalue weighted by Gasteiger charge is 2.25. The van der Waals surface area contributed by atoms with Gasteiger partial charge in [0.25, 0.3) is 5.91 Å². The van der Waals surface area contributed by atoms with E-state index >= 15 is 0 Å². The van der Waals surface area contributed by atoms with Crippen LogP contribution >= 0.6 is 12.6 Å². The van der Waals surface area contributed by atoms with Crippen molar-refractivity contribution in [3.8, 4) is 0 Å². The monoisotopic (exact) mass is 559 g/mol. The van der Waals surface area contributed by atoms with E-state index in [1.165, 1.54) is 17.3 Å². The minimum Gasteiger partial charge on any atom is -0.352 e. The molecule has 1 aliphatic heterocycles. The Morgan fingerprint density at radius 2 is 1.80 bits per heavy atom. The van der Waals surface area contributed by atoms with E-state index in [2.05, 4.69) is 64.2 Å². The first-order valence-electron chi connectivity index (χ1n) is 14.4. The minimum atomic E-state index is -0.220. The smallest absolute Gasteiger partial charge is 0.251 e. The molecule has 4 nitrogen and oxygen atoms in total. The molecule has 4 rings (SSSR count). The van der Waals surface area contributed by atoms with Gasteiger partial charge in [0.05, 0.1) is 0 Å². The van der Waals surface area contributed by atoms with E-state index in [0.29, 0.717) is 36.1 Å². The lowest BCUT2D eigenvalue weighted by Crippen LogP contribution is -2.36. The molecule has 0 radical (unpaired) electrons. The van der Waals surface area contributed by atoms with Gasteiger partial charge in [0, 0.05) is 36.5 Å². The zero-order chi connectivity index (χ0) is 28.3. The molecule has 1 atom stereocenters. The Bertz CT molecular complexity index is 1270. The van der Waals surface area contributed by atoms with Crippen LogP contribution in [0.5, 0.6) is 0 Å². The lowest BCUT2D eigenvalue weighted by Gasteiger charge is -2.34. The summed E-state index contributed by atoms with van der Waals surface area (Å²) in [5.74, 6) is 1.14. The van der Waals surface area contributed by atoms with Gasteiger partial charge in [-0.15, -0.1) is 0 Å². The molecule has 3 aromatic carbocycles. The molecule has 0 saturated carbocycles. The summed E-state index contributed by atoms with van der Waals surface area (Å²) in [6.45, 7) is 5.43. The molecule has 1 amide bonds. The highest BCUT2D eigenvalue weighted by atomic mass is 32.1. The van der Waals surface area contributed by atoms with E-state index in [0.717, 1.165) is 62.0 Å². The standard InChI is InChI=1S/C34H42FN3OS/c1-25-12-13-32(35)28(22-25)14-18-37-34(39)31-11-7-6-10-30(31)27-15-19-38(20-16-27)21-17-29(33(24-40)36-2)23-26-8-4-3-5-9-26/h3-13,22,27,29,40H,14-21,23-24H2,1-2H3,(H,37,39). The van der Waals surface area contributed by atoms with Crippen molar-refractivity contribution >= 4 is 24.2 Å². The van der Waals surface area contributed by atoms with Crippen LogP contribution in [0.2, 0.25) is 0 Å². The molecule has 212 valence electrons. The predicted octanol–water partition coefficient (Wildman–Crippen LogP) is 6.54. The van der Waals surface area contributed by atoms with Crippen LogP contribution in [0.1, 0.15) is 57.8 Å². The average Bonchev–Trinajstić information content (AvgIpc) is 2.99. The molecule has 6 heteroatoms. The summed E-state index contributed by atoms with van der Waals surface area (Å²) in [5.41, 5.74) is 6.04. The topological polar surface area (TPSA) is 44.7 Å². The third-order valence-corrected chi connectivity index (χ3v) is 8.48. The third kappa shape index (κ3) is 8.28. The van der Waals surface area contributed by atoms with E-state index in [1.807, 2.05) is 38.2 Å². The first-order chi connectivity index (χ1) is 19.5. The fourth-order valence-corrected chi connectivity index (χ4v) is 6.23. The molecule has 1 unspecified atom stereocenters. The van der Waals surface area contributed by atoms with Crippen LogP contribution in [0, 0.1) is 18.7 Å². The SMILES string of the molecule is CN=C(CS)C(CCN1CCC(c2ccccc2C(=O)NCCc2cc(C)ccc2F)CC1)Cc1ccccc1. The van der Waals surface area contributed by atoms with Gasteiger partial charge in [-0.2, -0.15) is 12.6 Å². The number of aliphatic imine (C=N–C) groups is 1. The molecule has 1 fully saturated rings. The van der Waals surface area contributed by atoms with Crippen LogP contribution in [-0.2, 0) is 12.8 Å². The summed E-state index contributed by atoms with van der Waals surface area (Å²) in [6.07, 6.45) is 4.59. The maximum atomic E-state index is 14.1. The van der Waals surface area contributed by atoms with Gasteiger partial charge in [-0.1, -0.05) is 66.2 Å². The molecule has 1 N–H and O–H groups in total. The number of hydrogen-bond acceptors (Lipinski definition) is 4. The van der Waals surface area contributed by atoms with E-state index in [1.54, 1.807) is 6.07 Å². The van der Waals surface area contributed by atoms with Crippen LogP contribution in [-0.4, -0.2) is 55.5 Å². The normalized spacial score (nSPS) is 15.7. The van der Waals surface area contributed by atoms with Crippen molar-refractivity contribution in [1.82, 2.24) is 10.2 Å². The molecule has 1 aliphatic rings. The van der Waals surface area contributed by atoms with Gasteiger partial charge in [0.15, 0.2) is 0 Å². The Morgan fingerprint density at radius 1 is 1.07 bits per heavy atom. The Balaban J connectivity index is 1.31. The summed E-state index contributed by atoms with van der Waals surface area (Å²) in [5, 5.41) is 3.02. The number of benzene rings is 3. The van der Waals surface area contributed by atoms with Gasteiger partial charge in [-0.05, 0) is 93.4 Å². The van der Waals surface area contributed by atoms with Gasteiger partial charge >= 0.3 is 0 Å². The first kappa shape index (κ1) is 30.0. The van der Waals surface area contributed by atoms with Crippen molar-refractivity contribution in [3.05, 3.63) is 106 Å². The summed E-state index contributed by atoms with van der Waals surface area (Å²) in [6, 6.07) is 23.7. The van der Waals surface area contributed by atoms with E-state index in [9.17, 15) is 9.18 Å². The van der Waals surface area contributed by atoms with Crippen molar-refractivity contribution in [1.29, 1.82) is 0 Å². The summed E-state index contributed by atoms with van der Waals surface area (Å²) < 4.78 is 14.1. The Hall–Kier alpha value is -2.96. The van der Waals surface area contributed by atoms with E-state index in [-0.39, 0.29) is 11.7 Å². The zero-order valence-electron chi connectivity index (χ0n) is 23.8. The van der Waals surface area contributed by atoms with E-state index in [4.69, 9.17) is 0 Å². The molecular formula is C34H42FN3OS. The maximum Gasteiger partial charge on any atom is 0.251 e. The lowest BCUT2D eigenvalue weighted by atomic mass is 9.85. The van der Waals surface area contributed by atoms with Crippen LogP contribution < -0.4 is 5.32 Å². The first-order valence-corrected chi connectivity index (χ1v) is 15.1. The number of piperidine rings is 1. The summed E-state index contributed by atoms with van der Waals surface area (Å²) in [7, 11) is 1.88. The quantitative estimate of drug-likeness (QED) is 0.196. The minimum absolute atomic E-state index is 0.0759. The summed E-state index contributed by atoms with van der Waals surface area (Å²) >= 11 is 4.55. The molecule has 3 aromatic rings. The fourth-order valence-electron chi connectivity index (χ4n) is 5.83. The third-order valence-electron chi connectivity index (χ3n) is 8.15. The van der Waals surface area contributed by atoms with Crippen LogP contribution in [0.25, 0.3) is 0 Å². The molecule has 0 aliphatic carbocycles. The number of nitrogens with zero attached hydrogens (tertiary/aromatic N) is 2. The number of amides is 1. The Labute approximate surface area is 244 Å². The number of likely N-dealkylation sites (tertiary alicyclic amines) is 1. The highest BCUT2D eigenvalue weighted by molar-refractivity contribution is 7.81. The number of hydrogen-bond donors (Lipinski definition) is 2. The van der Waals surface area contributed by atoms with Crippen LogP contribution in [0.3, 0.4) is 0 Å². The largest absolute Gasteiger partial charge is 0.352 e. The van der Waals surface area contributed by atoms with Crippen LogP contribution in [0.15, 0.2) is 77.8 Å². The number of nitrogens with one attached hydrogen (secondary N) is 1. The molecular weight excluding hydrogens is 517 g/mol. The number of carbonyl (C=O) groups is 1. The Morgan fingerprint density at radius 3 is 2.52 bits per heavy atom. The number of aryl methyl sites for hydroxylation is 1. The van der Waals surface area contributed by atoms with E-state index < -0.39 is 0 Å². The van der Waals surface area contributed by atoms with Gasteiger partial charge < -0.3 is 10.2 Å². The fraction of sp³-hybridized carbons (Fsp3) is 0.412. The molecule has 0 bridgehead atoms. The van der Waals surface area contributed by atoms with Gasteiger partial charge in [0.1, 0.15) is 5.82 Å². The number of rotatable bonds is 12. The number of halogens is 1. The van der Waals surface area contributed by atoms with Gasteiger partial charge in [-0.3, -0.25) is 9.79 Å². The molecule has 40 heavy (non-hydrogen) atoms. The lowest BCUT2D eigenvalue weighted by molar-refractivity contribution is 0.0951. The Kier molecular flexibility index (Phi) is 11.4. The summed E-state index contributed by atoms with van der Waals surface area (Å²) in [4.78, 5) is 20.2. The molecule has 1 saturated heterocycles. The molecule has 1 heterocycles. The molecule has 0 spiro atoms. The predicted molar refractivity (Wildman–Crippen MR) is 167 cm³/mol. The number of thiol groups is 1. The van der Waals surface area contributed by atoms with Crippen molar-refractivity contribution in [3.63, 3.8) is 0 Å². The van der Waals surface area contributed by atoms with Crippen LogP contribution in [0.4, 0.5) is 4.39 Å². The molecule has 0 aromatic heterocycles. The average molecular weight is 560 g/mol. The second kappa shape index (κ2) is 15.2.